The summed E-state index contributed by atoms with van der Waals surface area (Å²) in [7, 11) is -2.32. The second-order valence-corrected chi connectivity index (χ2v) is 9.64. The van der Waals surface area contributed by atoms with Crippen molar-refractivity contribution in [1.82, 2.24) is 14.5 Å². The lowest BCUT2D eigenvalue weighted by atomic mass is 10.1. The first kappa shape index (κ1) is 20.1. The van der Waals surface area contributed by atoms with E-state index in [-0.39, 0.29) is 21.9 Å². The third-order valence-electron chi connectivity index (χ3n) is 4.06. The topological polar surface area (TPSA) is 92.3 Å². The van der Waals surface area contributed by atoms with Crippen LogP contribution in [0.1, 0.15) is 27.0 Å². The predicted octanol–water partition coefficient (Wildman–Crippen LogP) is 3.23. The van der Waals surface area contributed by atoms with Crippen LogP contribution >= 0.6 is 11.3 Å². The molecule has 0 spiro atoms. The SMILES string of the molecule is Cc1ccc(CN(C)S(=O)(=O)c2nnc(NC(=O)c3cccc(C)c3)s2)cc1. The number of hydrogen-bond donors (Lipinski definition) is 1. The Hall–Kier alpha value is -2.62. The smallest absolute Gasteiger partial charge is 0.272 e. The standard InChI is InChI=1S/C19H20N4O3S2/c1-13-7-9-15(10-8-13)12-23(3)28(25,26)19-22-21-18(27-19)20-17(24)16-6-4-5-14(2)11-16/h4-11H,12H2,1-3H3,(H,20,21,24). The molecular weight excluding hydrogens is 396 g/mol. The molecule has 0 aliphatic carbocycles. The van der Waals surface area contributed by atoms with Gasteiger partial charge in [-0.2, -0.15) is 4.31 Å². The molecule has 0 atom stereocenters. The lowest BCUT2D eigenvalue weighted by molar-refractivity contribution is 0.102. The third kappa shape index (κ3) is 4.61. The zero-order valence-corrected chi connectivity index (χ0v) is 17.3. The highest BCUT2D eigenvalue weighted by Gasteiger charge is 2.26. The predicted molar refractivity (Wildman–Crippen MR) is 109 cm³/mol. The number of rotatable bonds is 6. The van der Waals surface area contributed by atoms with Gasteiger partial charge in [0.25, 0.3) is 15.9 Å². The highest BCUT2D eigenvalue weighted by molar-refractivity contribution is 7.91. The molecular formula is C19H20N4O3S2. The summed E-state index contributed by atoms with van der Waals surface area (Å²) in [5.74, 6) is -0.364. The number of nitrogens with one attached hydrogen (secondary N) is 1. The summed E-state index contributed by atoms with van der Waals surface area (Å²) in [5, 5.41) is 10.3. The van der Waals surface area contributed by atoms with Crippen molar-refractivity contribution < 1.29 is 13.2 Å². The first-order chi connectivity index (χ1) is 13.3. The van der Waals surface area contributed by atoms with E-state index in [9.17, 15) is 13.2 Å². The summed E-state index contributed by atoms with van der Waals surface area (Å²) < 4.78 is 26.5. The van der Waals surface area contributed by atoms with Crippen LogP contribution in [0.15, 0.2) is 52.9 Å². The van der Waals surface area contributed by atoms with Crippen molar-refractivity contribution in [2.24, 2.45) is 0 Å². The molecule has 1 aromatic heterocycles. The van der Waals surface area contributed by atoms with E-state index in [0.717, 1.165) is 28.0 Å². The van der Waals surface area contributed by atoms with E-state index < -0.39 is 10.0 Å². The number of anilines is 1. The van der Waals surface area contributed by atoms with E-state index in [1.54, 1.807) is 18.2 Å². The summed E-state index contributed by atoms with van der Waals surface area (Å²) in [6.07, 6.45) is 0. The number of aryl methyl sites for hydroxylation is 2. The fraction of sp³-hybridized carbons (Fsp3) is 0.211. The van der Waals surface area contributed by atoms with Gasteiger partial charge in [0.1, 0.15) is 0 Å². The van der Waals surface area contributed by atoms with Crippen LogP contribution in [0.4, 0.5) is 5.13 Å². The molecule has 7 nitrogen and oxygen atoms in total. The normalized spacial score (nSPS) is 11.6. The van der Waals surface area contributed by atoms with Crippen LogP contribution in [0.25, 0.3) is 0 Å². The Balaban J connectivity index is 1.72. The second-order valence-electron chi connectivity index (χ2n) is 6.44. The largest absolute Gasteiger partial charge is 0.296 e. The monoisotopic (exact) mass is 416 g/mol. The first-order valence-corrected chi connectivity index (χ1v) is 10.7. The fourth-order valence-electron chi connectivity index (χ4n) is 2.49. The Morgan fingerprint density at radius 2 is 1.79 bits per heavy atom. The van der Waals surface area contributed by atoms with Crippen LogP contribution in [-0.4, -0.2) is 35.9 Å². The number of aromatic nitrogens is 2. The van der Waals surface area contributed by atoms with Gasteiger partial charge in [-0.25, -0.2) is 8.42 Å². The van der Waals surface area contributed by atoms with Crippen LogP contribution < -0.4 is 5.32 Å². The number of benzene rings is 2. The average Bonchev–Trinajstić information content (AvgIpc) is 3.13. The lowest BCUT2D eigenvalue weighted by Crippen LogP contribution is -2.26. The lowest BCUT2D eigenvalue weighted by Gasteiger charge is -2.15. The molecule has 1 heterocycles. The molecule has 3 rings (SSSR count). The molecule has 0 unspecified atom stereocenters. The highest BCUT2D eigenvalue weighted by atomic mass is 32.2. The zero-order chi connectivity index (χ0) is 20.3. The van der Waals surface area contributed by atoms with Crippen molar-refractivity contribution >= 4 is 32.4 Å². The number of sulfonamides is 1. The minimum absolute atomic E-state index is 0.133. The van der Waals surface area contributed by atoms with E-state index in [1.165, 1.54) is 11.4 Å². The second kappa shape index (κ2) is 8.17. The van der Waals surface area contributed by atoms with E-state index in [2.05, 4.69) is 15.5 Å². The van der Waals surface area contributed by atoms with Gasteiger partial charge in [-0.3, -0.25) is 10.1 Å². The van der Waals surface area contributed by atoms with Crippen molar-refractivity contribution in [2.75, 3.05) is 12.4 Å². The average molecular weight is 417 g/mol. The van der Waals surface area contributed by atoms with E-state index in [1.807, 2.05) is 44.2 Å². The molecule has 0 aliphatic rings. The summed E-state index contributed by atoms with van der Waals surface area (Å²) in [6.45, 7) is 4.07. The van der Waals surface area contributed by atoms with Crippen molar-refractivity contribution in [3.8, 4) is 0 Å². The summed E-state index contributed by atoms with van der Waals surface area (Å²) in [6, 6.07) is 14.7. The van der Waals surface area contributed by atoms with Gasteiger partial charge in [0.15, 0.2) is 0 Å². The molecule has 0 bridgehead atoms. The third-order valence-corrected chi connectivity index (χ3v) is 7.05. The van der Waals surface area contributed by atoms with Gasteiger partial charge in [-0.05, 0) is 31.5 Å². The van der Waals surface area contributed by atoms with Gasteiger partial charge in [-0.15, -0.1) is 10.2 Å². The van der Waals surface area contributed by atoms with Crippen LogP contribution in [0.5, 0.6) is 0 Å². The Bertz CT molecular complexity index is 1090. The highest BCUT2D eigenvalue weighted by Crippen LogP contribution is 2.24. The Morgan fingerprint density at radius 3 is 2.46 bits per heavy atom. The maximum atomic E-state index is 12.7. The number of hydrogen-bond acceptors (Lipinski definition) is 6. The van der Waals surface area contributed by atoms with Crippen molar-refractivity contribution in [3.63, 3.8) is 0 Å². The van der Waals surface area contributed by atoms with Gasteiger partial charge < -0.3 is 0 Å². The summed E-state index contributed by atoms with van der Waals surface area (Å²) in [5.41, 5.74) is 3.39. The van der Waals surface area contributed by atoms with E-state index >= 15 is 0 Å². The van der Waals surface area contributed by atoms with Crippen LogP contribution in [0.3, 0.4) is 0 Å². The van der Waals surface area contributed by atoms with Gasteiger partial charge >= 0.3 is 0 Å². The minimum atomic E-state index is -3.81. The van der Waals surface area contributed by atoms with E-state index in [4.69, 9.17) is 0 Å². The van der Waals surface area contributed by atoms with Crippen molar-refractivity contribution in [1.29, 1.82) is 0 Å². The van der Waals surface area contributed by atoms with Gasteiger partial charge in [0.05, 0.1) is 0 Å². The molecule has 0 radical (unpaired) electrons. The Kier molecular flexibility index (Phi) is 5.87. The van der Waals surface area contributed by atoms with E-state index in [0.29, 0.717) is 5.56 Å². The molecule has 146 valence electrons. The molecule has 0 saturated carbocycles. The molecule has 1 amide bonds. The quantitative estimate of drug-likeness (QED) is 0.623. The van der Waals surface area contributed by atoms with Gasteiger partial charge in [0.2, 0.25) is 9.47 Å². The summed E-state index contributed by atoms with van der Waals surface area (Å²) >= 11 is 0.825. The molecule has 0 saturated heterocycles. The first-order valence-electron chi connectivity index (χ1n) is 8.49. The van der Waals surface area contributed by atoms with Crippen LogP contribution in [-0.2, 0) is 16.6 Å². The Labute approximate surface area is 168 Å². The molecule has 9 heteroatoms. The zero-order valence-electron chi connectivity index (χ0n) is 15.7. The molecule has 1 N–H and O–H groups in total. The number of nitrogens with zero attached hydrogens (tertiary/aromatic N) is 3. The molecule has 0 fully saturated rings. The number of amides is 1. The molecule has 3 aromatic rings. The molecule has 28 heavy (non-hydrogen) atoms. The van der Waals surface area contributed by atoms with Crippen molar-refractivity contribution in [2.45, 2.75) is 24.7 Å². The van der Waals surface area contributed by atoms with Crippen molar-refractivity contribution in [3.05, 3.63) is 70.8 Å². The minimum Gasteiger partial charge on any atom is -0.296 e. The van der Waals surface area contributed by atoms with Gasteiger partial charge in [0, 0.05) is 19.2 Å². The van der Waals surface area contributed by atoms with Crippen LogP contribution in [0.2, 0.25) is 0 Å². The molecule has 0 aliphatic heterocycles. The van der Waals surface area contributed by atoms with Gasteiger partial charge in [-0.1, -0.05) is 58.9 Å². The Morgan fingerprint density at radius 1 is 1.07 bits per heavy atom. The maximum Gasteiger partial charge on any atom is 0.272 e. The molecule has 2 aromatic carbocycles. The number of carbonyl (C=O) groups is 1. The summed E-state index contributed by atoms with van der Waals surface area (Å²) in [4.78, 5) is 12.3. The maximum absolute atomic E-state index is 12.7. The fourth-order valence-corrected chi connectivity index (χ4v) is 4.73. The van der Waals surface area contributed by atoms with Crippen LogP contribution in [0, 0.1) is 13.8 Å². The number of carbonyl (C=O) groups excluding carboxylic acids is 1.